The van der Waals surface area contributed by atoms with Crippen LogP contribution in [0.25, 0.3) is 55.0 Å². The van der Waals surface area contributed by atoms with E-state index in [4.69, 9.17) is 0 Å². The predicted octanol–water partition coefficient (Wildman–Crippen LogP) is 12.8. The fourth-order valence-corrected chi connectivity index (χ4v) is 10.0. The Labute approximate surface area is 316 Å². The van der Waals surface area contributed by atoms with Gasteiger partial charge in [-0.1, -0.05) is 84.1 Å². The maximum Gasteiger partial charge on any atom is 0.418 e. The minimum atomic E-state index is -5.12. The molecule has 2 nitrogen and oxygen atoms in total. The molecule has 0 bridgehead atoms. The molecule has 0 saturated heterocycles. The van der Waals surface area contributed by atoms with Gasteiger partial charge in [-0.2, -0.15) is 52.7 Å². The van der Waals surface area contributed by atoms with Crippen LogP contribution in [-0.2, 0) is 24.7 Å². The highest BCUT2D eigenvalue weighted by Gasteiger charge is 2.41. The summed E-state index contributed by atoms with van der Waals surface area (Å²) in [5.74, 6) is 0. The van der Waals surface area contributed by atoms with Crippen LogP contribution in [0.3, 0.4) is 0 Å². The van der Waals surface area contributed by atoms with E-state index in [1.807, 2.05) is 13.1 Å². The van der Waals surface area contributed by atoms with Crippen LogP contribution < -0.4 is 10.4 Å². The van der Waals surface area contributed by atoms with E-state index in [1.165, 1.54) is 45.5 Å². The van der Waals surface area contributed by atoms with Crippen molar-refractivity contribution in [3.63, 3.8) is 0 Å². The number of para-hydroxylation sites is 2. The number of fused-ring (bicyclic) bond motifs is 6. The third kappa shape index (κ3) is 6.32. The van der Waals surface area contributed by atoms with Gasteiger partial charge >= 0.3 is 24.7 Å². The molecule has 0 saturated carbocycles. The van der Waals surface area contributed by atoms with Crippen molar-refractivity contribution in [2.45, 2.75) is 37.8 Å². The Bertz CT molecular complexity index is 2660. The summed E-state index contributed by atoms with van der Waals surface area (Å²) in [4.78, 5) is 0. The highest BCUT2D eigenvalue weighted by Crippen LogP contribution is 2.46. The van der Waals surface area contributed by atoms with Crippen molar-refractivity contribution < 1.29 is 52.7 Å². The lowest BCUT2D eigenvalue weighted by atomic mass is 10.0. The van der Waals surface area contributed by atoms with E-state index in [9.17, 15) is 52.7 Å². The normalized spacial score (nSPS) is 13.4. The topological polar surface area (TPSA) is 9.86 Å². The molecular weight excluding hydrogens is 789 g/mol. The van der Waals surface area contributed by atoms with Gasteiger partial charge in [-0.05, 0) is 60.7 Å². The van der Waals surface area contributed by atoms with Crippen LogP contribution in [0.5, 0.6) is 0 Å². The molecule has 0 N–H and O–H groups in total. The van der Waals surface area contributed by atoms with Gasteiger partial charge in [0.25, 0.3) is 0 Å². The molecule has 8 rings (SSSR count). The van der Waals surface area contributed by atoms with Crippen molar-refractivity contribution in [3.05, 3.63) is 144 Å². The lowest BCUT2D eigenvalue weighted by molar-refractivity contribution is -0.143. The van der Waals surface area contributed by atoms with Gasteiger partial charge in [0, 0.05) is 32.9 Å². The molecule has 6 aromatic carbocycles. The Balaban J connectivity index is 1.22. The van der Waals surface area contributed by atoms with Crippen LogP contribution >= 0.6 is 0 Å². The van der Waals surface area contributed by atoms with Crippen LogP contribution in [0, 0.1) is 0 Å². The first kappa shape index (κ1) is 38.2. The van der Waals surface area contributed by atoms with E-state index in [1.54, 1.807) is 60.7 Å². The number of nitrogens with zero attached hydrogens (tertiary/aromatic N) is 2. The molecule has 0 amide bonds. The number of hydrogen-bond donors (Lipinski definition) is 0. The van der Waals surface area contributed by atoms with Crippen molar-refractivity contribution in [1.82, 2.24) is 9.13 Å². The molecule has 0 spiro atoms. The zero-order valence-corrected chi connectivity index (χ0v) is 30.5. The largest absolute Gasteiger partial charge is 0.418 e. The molecule has 0 unspecified atom stereocenters. The number of aromatic nitrogens is 2. The van der Waals surface area contributed by atoms with Crippen molar-refractivity contribution in [2.75, 3.05) is 0 Å². The summed E-state index contributed by atoms with van der Waals surface area (Å²) < 4.78 is 172. The van der Waals surface area contributed by atoms with E-state index in [0.29, 0.717) is 0 Å². The van der Waals surface area contributed by atoms with E-state index in [2.05, 4.69) is 0 Å². The Hall–Kier alpha value is -5.70. The van der Waals surface area contributed by atoms with Crippen molar-refractivity contribution in [3.8, 4) is 11.4 Å². The molecule has 15 heteroatoms. The maximum atomic E-state index is 14.5. The third-order valence-corrected chi connectivity index (χ3v) is 14.1. The quantitative estimate of drug-likeness (QED) is 0.124. The van der Waals surface area contributed by atoms with Gasteiger partial charge in [-0.15, -0.1) is 0 Å². The molecule has 8 aromatic rings. The van der Waals surface area contributed by atoms with Crippen LogP contribution in [0.4, 0.5) is 52.7 Å². The fourth-order valence-electron chi connectivity index (χ4n) is 7.71. The highest BCUT2D eigenvalue weighted by atomic mass is 28.3. The van der Waals surface area contributed by atoms with Crippen molar-refractivity contribution in [2.24, 2.45) is 0 Å². The Morgan fingerprint density at radius 1 is 0.386 bits per heavy atom. The Morgan fingerprint density at radius 2 is 0.719 bits per heavy atom. The van der Waals surface area contributed by atoms with Gasteiger partial charge in [-0.3, -0.25) is 0 Å². The van der Waals surface area contributed by atoms with Crippen LogP contribution in [0.15, 0.2) is 121 Å². The molecule has 0 aliphatic heterocycles. The molecule has 57 heavy (non-hydrogen) atoms. The van der Waals surface area contributed by atoms with E-state index in [0.717, 1.165) is 22.5 Å². The Morgan fingerprint density at radius 3 is 1.04 bits per heavy atom. The SMILES string of the molecule is C[Si](C)(c1ccc(-n2c3ccccc3c3cc(C(F)(F)F)cc(C(F)(F)F)c32)cc1)c1ccc(-n2c3ccccc3c3cc(C(F)(F)F)cc(C(F)(F)F)c32)cc1. The zero-order chi connectivity index (χ0) is 41.0. The summed E-state index contributed by atoms with van der Waals surface area (Å²) in [6.45, 7) is 3.97. The summed E-state index contributed by atoms with van der Waals surface area (Å²) in [5.41, 5.74) is -5.48. The van der Waals surface area contributed by atoms with Crippen molar-refractivity contribution in [1.29, 1.82) is 0 Å². The molecule has 0 atom stereocenters. The first-order valence-corrected chi connectivity index (χ1v) is 20.2. The van der Waals surface area contributed by atoms with Gasteiger partial charge in [-0.25, -0.2) is 0 Å². The number of hydrogen-bond acceptors (Lipinski definition) is 0. The summed E-state index contributed by atoms with van der Waals surface area (Å²) in [7, 11) is -2.65. The predicted molar refractivity (Wildman–Crippen MR) is 198 cm³/mol. The number of benzene rings is 6. The average molecular weight is 815 g/mol. The van der Waals surface area contributed by atoms with Gasteiger partial charge in [0.2, 0.25) is 0 Å². The van der Waals surface area contributed by atoms with E-state index < -0.39 is 66.1 Å². The van der Waals surface area contributed by atoms with Gasteiger partial charge in [0.05, 0.1) is 44.3 Å². The molecule has 292 valence electrons. The van der Waals surface area contributed by atoms with Gasteiger partial charge in [0.15, 0.2) is 0 Å². The number of alkyl halides is 12. The summed E-state index contributed by atoms with van der Waals surface area (Å²) >= 11 is 0. The van der Waals surface area contributed by atoms with Crippen molar-refractivity contribution >= 4 is 62.1 Å². The first-order chi connectivity index (χ1) is 26.6. The monoisotopic (exact) mass is 814 g/mol. The van der Waals surface area contributed by atoms with E-state index in [-0.39, 0.29) is 56.1 Å². The number of halogens is 12. The lowest BCUT2D eigenvalue weighted by Gasteiger charge is -2.25. The molecule has 0 fully saturated rings. The minimum absolute atomic E-state index is 0.120. The van der Waals surface area contributed by atoms with Gasteiger partial charge < -0.3 is 9.13 Å². The second-order valence-corrected chi connectivity index (χ2v) is 18.7. The zero-order valence-electron chi connectivity index (χ0n) is 29.5. The van der Waals surface area contributed by atoms with Crippen LogP contribution in [0.1, 0.15) is 22.3 Å². The maximum absolute atomic E-state index is 14.5. The summed E-state index contributed by atoms with van der Waals surface area (Å²) in [6.07, 6.45) is -20.3. The minimum Gasteiger partial charge on any atom is -0.309 e. The first-order valence-electron chi connectivity index (χ1n) is 17.2. The number of rotatable bonds is 4. The summed E-state index contributed by atoms with van der Waals surface area (Å²) in [6, 6.07) is 27.2. The molecule has 2 heterocycles. The smallest absolute Gasteiger partial charge is 0.309 e. The molecule has 2 aromatic heterocycles. The lowest BCUT2D eigenvalue weighted by Crippen LogP contribution is -2.52. The second kappa shape index (κ2) is 12.7. The standard InChI is InChI=1S/C42H26F12N2Si/c1-57(2,27-15-11-25(12-16-27)55-35-9-5-3-7-29(35)31-19-23(39(43,44)45)21-33(37(31)55)41(49,50)51)28-17-13-26(14-18-28)56-36-10-6-4-8-30(36)32-20-24(40(46,47)48)22-34(38(32)56)42(52,53)54/h3-22H,1-2H3. The molecular formula is C42H26F12N2Si. The van der Waals surface area contributed by atoms with Crippen LogP contribution in [0.2, 0.25) is 13.1 Å². The second-order valence-electron chi connectivity index (χ2n) is 14.3. The molecule has 0 aliphatic carbocycles. The fraction of sp³-hybridized carbons (Fsp3) is 0.143. The van der Waals surface area contributed by atoms with E-state index >= 15 is 0 Å². The molecule has 0 aliphatic rings. The third-order valence-electron chi connectivity index (χ3n) is 10.5. The highest BCUT2D eigenvalue weighted by molar-refractivity contribution is 7.00. The summed E-state index contributed by atoms with van der Waals surface area (Å²) in [5, 5.41) is 1.61. The Kier molecular flexibility index (Phi) is 8.47. The van der Waals surface area contributed by atoms with Crippen LogP contribution in [-0.4, -0.2) is 17.2 Å². The molecule has 0 radical (unpaired) electrons. The van der Waals surface area contributed by atoms with Gasteiger partial charge in [0.1, 0.15) is 8.07 Å². The average Bonchev–Trinajstić information content (AvgIpc) is 3.66.